The maximum Gasteiger partial charge on any atom is 0.252 e. The Morgan fingerprint density at radius 2 is 2.11 bits per heavy atom. The first kappa shape index (κ1) is 8.21. The van der Waals surface area contributed by atoms with E-state index < -0.39 is 0 Å². The molecule has 0 bridgehead atoms. The van der Waals surface area contributed by atoms with Gasteiger partial charge in [0, 0.05) is 6.92 Å². The number of nitrogens with zero attached hydrogens (tertiary/aromatic N) is 2. The van der Waals surface area contributed by atoms with Crippen molar-refractivity contribution in [3.63, 3.8) is 0 Å². The molecule has 0 amide bonds. The van der Waals surface area contributed by atoms with Crippen molar-refractivity contribution in [2.45, 2.75) is 14.4 Å². The van der Waals surface area contributed by atoms with Gasteiger partial charge < -0.3 is 0 Å². The Hall–Kier alpha value is -0.790. The van der Waals surface area contributed by atoms with Crippen LogP contribution in [-0.4, -0.2) is 4.57 Å². The van der Waals surface area contributed by atoms with Gasteiger partial charge in [0.15, 0.2) is 0 Å². The summed E-state index contributed by atoms with van der Waals surface area (Å²) in [5.41, 5.74) is 0. The first-order chi connectivity index (χ1) is 3.72. The molecular formula is C7H15N2+. The van der Waals surface area contributed by atoms with Crippen LogP contribution in [0, 0.1) is 6.92 Å². The maximum atomic E-state index is 2.08. The van der Waals surface area contributed by atoms with Gasteiger partial charge in [-0.3, -0.25) is 0 Å². The molecular weight excluding hydrogens is 112 g/mol. The Morgan fingerprint density at radius 3 is 2.22 bits per heavy atom. The van der Waals surface area contributed by atoms with Crippen LogP contribution < -0.4 is 4.57 Å². The average molecular weight is 127 g/mol. The lowest BCUT2D eigenvalue weighted by molar-refractivity contribution is -0.677. The molecule has 0 saturated heterocycles. The van der Waals surface area contributed by atoms with Gasteiger partial charge in [0.2, 0.25) is 0 Å². The number of hydrogen-bond acceptors (Lipinski definition) is 0. The molecule has 0 aliphatic heterocycles. The van der Waals surface area contributed by atoms with Crippen LogP contribution in [0.25, 0.3) is 0 Å². The highest BCUT2D eigenvalue weighted by atomic mass is 15.1. The highest BCUT2D eigenvalue weighted by Crippen LogP contribution is 1.84. The van der Waals surface area contributed by atoms with Gasteiger partial charge in [-0.2, -0.15) is 0 Å². The van der Waals surface area contributed by atoms with Gasteiger partial charge in [-0.05, 0) is 0 Å². The largest absolute Gasteiger partial charge is 0.252 e. The Labute approximate surface area is 56.7 Å². The lowest BCUT2D eigenvalue weighted by Gasteiger charge is -1.84. The molecule has 2 nitrogen and oxygen atoms in total. The van der Waals surface area contributed by atoms with Gasteiger partial charge in [0.05, 0.1) is 14.1 Å². The second-order valence-electron chi connectivity index (χ2n) is 2.07. The molecule has 0 atom stereocenters. The Bertz CT molecular complexity index is 169. The number of hydrogen-bond donors (Lipinski definition) is 0. The van der Waals surface area contributed by atoms with E-state index in [9.17, 15) is 0 Å². The fourth-order valence-corrected chi connectivity index (χ4v) is 0.665. The number of aryl methyl sites for hydroxylation is 2. The normalized spacial score (nSPS) is 8.78. The summed E-state index contributed by atoms with van der Waals surface area (Å²) in [7, 11) is 4.07. The van der Waals surface area contributed by atoms with Crippen molar-refractivity contribution in [1.29, 1.82) is 0 Å². The molecule has 0 saturated carbocycles. The first-order valence-corrected chi connectivity index (χ1v) is 2.69. The van der Waals surface area contributed by atoms with E-state index in [4.69, 9.17) is 0 Å². The third kappa shape index (κ3) is 1.31. The summed E-state index contributed by atoms with van der Waals surface area (Å²) < 4.78 is 4.17. The summed E-state index contributed by atoms with van der Waals surface area (Å²) in [4.78, 5) is 0. The van der Waals surface area contributed by atoms with E-state index in [1.165, 1.54) is 5.82 Å². The molecule has 52 valence electrons. The smallest absolute Gasteiger partial charge is 0.237 e. The molecule has 0 aliphatic carbocycles. The van der Waals surface area contributed by atoms with Crippen LogP contribution >= 0.6 is 0 Å². The molecule has 1 aromatic rings. The molecule has 1 rings (SSSR count). The molecule has 0 radical (unpaired) electrons. The van der Waals surface area contributed by atoms with Crippen LogP contribution in [0.15, 0.2) is 12.4 Å². The van der Waals surface area contributed by atoms with Gasteiger partial charge >= 0.3 is 0 Å². The molecule has 0 aliphatic rings. The second-order valence-corrected chi connectivity index (χ2v) is 2.07. The van der Waals surface area contributed by atoms with Crippen molar-refractivity contribution in [2.75, 3.05) is 0 Å². The Balaban J connectivity index is 0.000000640. The monoisotopic (exact) mass is 127 g/mol. The predicted molar refractivity (Wildman–Crippen MR) is 38.1 cm³/mol. The summed E-state index contributed by atoms with van der Waals surface area (Å²) in [6, 6.07) is 0. The molecule has 1 aromatic heterocycles. The van der Waals surface area contributed by atoms with Crippen molar-refractivity contribution >= 4 is 0 Å². The fraction of sp³-hybridized carbons (Fsp3) is 0.571. The summed E-state index contributed by atoms with van der Waals surface area (Å²) >= 11 is 0. The topological polar surface area (TPSA) is 8.81 Å². The summed E-state index contributed by atoms with van der Waals surface area (Å²) in [5, 5.41) is 0. The van der Waals surface area contributed by atoms with Gasteiger partial charge in [0.1, 0.15) is 12.4 Å². The van der Waals surface area contributed by atoms with Gasteiger partial charge in [-0.25, -0.2) is 9.13 Å². The van der Waals surface area contributed by atoms with E-state index in [2.05, 4.69) is 16.1 Å². The van der Waals surface area contributed by atoms with Crippen molar-refractivity contribution in [3.05, 3.63) is 18.2 Å². The Kier molecular flexibility index (Phi) is 2.43. The van der Waals surface area contributed by atoms with Crippen LogP contribution in [0.4, 0.5) is 0 Å². The minimum absolute atomic E-state index is 0. The van der Waals surface area contributed by atoms with Crippen LogP contribution in [0.5, 0.6) is 0 Å². The lowest BCUT2D eigenvalue weighted by Crippen LogP contribution is -2.29. The summed E-state index contributed by atoms with van der Waals surface area (Å²) in [5.74, 6) is 1.27. The maximum absolute atomic E-state index is 2.08. The van der Waals surface area contributed by atoms with E-state index in [1.54, 1.807) is 0 Å². The van der Waals surface area contributed by atoms with E-state index >= 15 is 0 Å². The average Bonchev–Trinajstić information content (AvgIpc) is 1.98. The summed E-state index contributed by atoms with van der Waals surface area (Å²) in [6.07, 6.45) is 4.07. The van der Waals surface area contributed by atoms with Crippen LogP contribution in [0.1, 0.15) is 13.3 Å². The predicted octanol–water partition coefficient (Wildman–Crippen LogP) is 0.794. The number of imidazole rings is 1. The third-order valence-electron chi connectivity index (χ3n) is 1.53. The first-order valence-electron chi connectivity index (χ1n) is 2.69. The van der Waals surface area contributed by atoms with E-state index in [0.29, 0.717) is 0 Å². The van der Waals surface area contributed by atoms with Crippen LogP contribution in [0.2, 0.25) is 0 Å². The van der Waals surface area contributed by atoms with E-state index in [0.717, 1.165) is 0 Å². The van der Waals surface area contributed by atoms with Crippen molar-refractivity contribution < 1.29 is 4.57 Å². The number of aromatic nitrogens is 2. The zero-order valence-electron chi connectivity index (χ0n) is 5.55. The standard InChI is InChI=1S/C6H11N2.CH4/c1-6-7(2)4-5-8(6)3;/h4-5H,1-3H3;1H4/q+1;. The highest BCUT2D eigenvalue weighted by Gasteiger charge is 2.00. The SMILES string of the molecule is C.Cc1n(C)cc[n+]1C. The Morgan fingerprint density at radius 1 is 1.56 bits per heavy atom. The molecule has 0 spiro atoms. The van der Waals surface area contributed by atoms with E-state index in [-0.39, 0.29) is 7.43 Å². The second kappa shape index (κ2) is 2.67. The number of rotatable bonds is 0. The lowest BCUT2D eigenvalue weighted by atomic mass is 10.7. The van der Waals surface area contributed by atoms with Crippen LogP contribution in [-0.2, 0) is 14.1 Å². The quantitative estimate of drug-likeness (QED) is 0.456. The van der Waals surface area contributed by atoms with Crippen molar-refractivity contribution in [2.24, 2.45) is 14.1 Å². The highest BCUT2D eigenvalue weighted by molar-refractivity contribution is 4.75. The zero-order chi connectivity index (χ0) is 6.15. The minimum Gasteiger partial charge on any atom is -0.237 e. The molecule has 0 N–H and O–H groups in total. The third-order valence-corrected chi connectivity index (χ3v) is 1.53. The van der Waals surface area contributed by atoms with Crippen LogP contribution in [0.3, 0.4) is 0 Å². The summed E-state index contributed by atoms with van der Waals surface area (Å²) in [6.45, 7) is 2.08. The molecule has 9 heavy (non-hydrogen) atoms. The molecule has 0 fully saturated rings. The molecule has 2 heteroatoms. The molecule has 1 heterocycles. The van der Waals surface area contributed by atoms with Gasteiger partial charge in [-0.15, -0.1) is 0 Å². The van der Waals surface area contributed by atoms with Crippen molar-refractivity contribution in [3.8, 4) is 0 Å². The molecule has 0 aromatic carbocycles. The van der Waals surface area contributed by atoms with Gasteiger partial charge in [0.25, 0.3) is 5.82 Å². The van der Waals surface area contributed by atoms with Gasteiger partial charge in [-0.1, -0.05) is 7.43 Å². The van der Waals surface area contributed by atoms with Crippen molar-refractivity contribution in [1.82, 2.24) is 4.57 Å². The zero-order valence-corrected chi connectivity index (χ0v) is 5.55. The minimum atomic E-state index is 0. The molecule has 0 unspecified atom stereocenters. The van der Waals surface area contributed by atoms with E-state index in [1.807, 2.05) is 26.5 Å². The fourth-order valence-electron chi connectivity index (χ4n) is 0.665.